The number of hydrogen-bond acceptors (Lipinski definition) is 2. The number of rotatable bonds is 5. The Hall–Kier alpha value is -1.55. The molecule has 1 aliphatic rings. The molecule has 4 heteroatoms. The van der Waals surface area contributed by atoms with Gasteiger partial charge in [-0.1, -0.05) is 37.3 Å². The lowest BCUT2D eigenvalue weighted by atomic mass is 9.93. The quantitative estimate of drug-likeness (QED) is 0.781. The minimum atomic E-state index is -0.183. The molecule has 0 bridgehead atoms. The molecular weight excluding hydrogens is 264 g/mol. The molecule has 1 aliphatic carbocycles. The van der Waals surface area contributed by atoms with Crippen LogP contribution >= 0.6 is 0 Å². The molecule has 0 aliphatic heterocycles. The van der Waals surface area contributed by atoms with Crippen LogP contribution in [0.1, 0.15) is 50.5 Å². The molecule has 1 aromatic rings. The summed E-state index contributed by atoms with van der Waals surface area (Å²) in [6.07, 6.45) is 4.06. The molecule has 21 heavy (non-hydrogen) atoms. The van der Waals surface area contributed by atoms with E-state index in [1.165, 1.54) is 5.56 Å². The molecule has 0 radical (unpaired) electrons. The third-order valence-electron chi connectivity index (χ3n) is 4.26. The van der Waals surface area contributed by atoms with Crippen molar-refractivity contribution in [2.45, 2.75) is 57.1 Å². The molecule has 4 nitrogen and oxygen atoms in total. The first kappa shape index (κ1) is 15.8. The predicted octanol–water partition coefficient (Wildman–Crippen LogP) is 2.78. The number of hydrogen-bond donors (Lipinski definition) is 3. The molecule has 116 valence electrons. The van der Waals surface area contributed by atoms with Crippen molar-refractivity contribution in [2.24, 2.45) is 0 Å². The maximum atomic E-state index is 11.8. The van der Waals surface area contributed by atoms with Crippen molar-refractivity contribution in [1.82, 2.24) is 10.6 Å². The van der Waals surface area contributed by atoms with Gasteiger partial charge in [-0.05, 0) is 43.6 Å². The molecule has 0 heterocycles. The average molecular weight is 290 g/mol. The largest absolute Gasteiger partial charge is 0.393 e. The highest BCUT2D eigenvalue weighted by atomic mass is 16.3. The Balaban J connectivity index is 1.63. The third kappa shape index (κ3) is 5.38. The maximum absolute atomic E-state index is 11.8. The van der Waals surface area contributed by atoms with Gasteiger partial charge in [0.25, 0.3) is 0 Å². The van der Waals surface area contributed by atoms with E-state index < -0.39 is 0 Å². The van der Waals surface area contributed by atoms with Crippen LogP contribution < -0.4 is 10.6 Å². The molecule has 1 atom stereocenters. The summed E-state index contributed by atoms with van der Waals surface area (Å²) in [5.41, 5.74) is 1.31. The SMILES string of the molecule is C[C@H](CCNC(=O)NC1CCC(O)CC1)c1ccccc1. The first-order valence-electron chi connectivity index (χ1n) is 7.92. The highest BCUT2D eigenvalue weighted by Gasteiger charge is 2.20. The first-order chi connectivity index (χ1) is 10.1. The van der Waals surface area contributed by atoms with Crippen LogP contribution in [0.15, 0.2) is 30.3 Å². The highest BCUT2D eigenvalue weighted by molar-refractivity contribution is 5.74. The summed E-state index contributed by atoms with van der Waals surface area (Å²) in [7, 11) is 0. The fourth-order valence-corrected chi connectivity index (χ4v) is 2.81. The molecule has 3 N–H and O–H groups in total. The molecule has 1 aromatic carbocycles. The molecule has 1 fully saturated rings. The van der Waals surface area contributed by atoms with Gasteiger partial charge in [0.15, 0.2) is 0 Å². The van der Waals surface area contributed by atoms with E-state index in [1.807, 2.05) is 18.2 Å². The van der Waals surface area contributed by atoms with E-state index in [9.17, 15) is 9.90 Å². The summed E-state index contributed by atoms with van der Waals surface area (Å²) in [6.45, 7) is 2.86. The molecule has 2 rings (SSSR count). The van der Waals surface area contributed by atoms with Gasteiger partial charge in [0.1, 0.15) is 0 Å². The average Bonchev–Trinajstić information content (AvgIpc) is 2.50. The van der Waals surface area contributed by atoms with Crippen LogP contribution in [0, 0.1) is 0 Å². The first-order valence-corrected chi connectivity index (χ1v) is 7.92. The van der Waals surface area contributed by atoms with Crippen LogP contribution in [0.3, 0.4) is 0 Å². The molecule has 2 amide bonds. The summed E-state index contributed by atoms with van der Waals surface area (Å²) in [5, 5.41) is 15.4. The van der Waals surface area contributed by atoms with Crippen molar-refractivity contribution in [2.75, 3.05) is 6.54 Å². The Labute approximate surface area is 126 Å². The number of urea groups is 1. The second-order valence-electron chi connectivity index (χ2n) is 6.01. The van der Waals surface area contributed by atoms with Gasteiger partial charge in [0.2, 0.25) is 0 Å². The van der Waals surface area contributed by atoms with Crippen molar-refractivity contribution in [3.8, 4) is 0 Å². The van der Waals surface area contributed by atoms with E-state index in [1.54, 1.807) is 0 Å². The van der Waals surface area contributed by atoms with Gasteiger partial charge in [0.05, 0.1) is 6.10 Å². The predicted molar refractivity (Wildman–Crippen MR) is 84.3 cm³/mol. The number of aliphatic hydroxyl groups is 1. The molecule has 0 aromatic heterocycles. The zero-order chi connectivity index (χ0) is 15.1. The van der Waals surface area contributed by atoms with Gasteiger partial charge in [-0.2, -0.15) is 0 Å². The fraction of sp³-hybridized carbons (Fsp3) is 0.588. The van der Waals surface area contributed by atoms with Crippen molar-refractivity contribution in [1.29, 1.82) is 0 Å². The number of aliphatic hydroxyl groups excluding tert-OH is 1. The number of carbonyl (C=O) groups is 1. The molecule has 0 unspecified atom stereocenters. The second-order valence-corrected chi connectivity index (χ2v) is 6.01. The maximum Gasteiger partial charge on any atom is 0.315 e. The monoisotopic (exact) mass is 290 g/mol. The second kappa shape index (κ2) is 8.03. The standard InChI is InChI=1S/C17H26N2O2/c1-13(14-5-3-2-4-6-14)11-12-18-17(21)19-15-7-9-16(20)10-8-15/h2-6,13,15-16,20H,7-12H2,1H3,(H2,18,19,21)/t13-,15?,16?/m1/s1. The molecule has 0 spiro atoms. The van der Waals surface area contributed by atoms with E-state index in [4.69, 9.17) is 0 Å². The zero-order valence-corrected chi connectivity index (χ0v) is 12.7. The molecule has 0 saturated heterocycles. The van der Waals surface area contributed by atoms with Crippen molar-refractivity contribution < 1.29 is 9.90 Å². The summed E-state index contributed by atoms with van der Waals surface area (Å²) in [4.78, 5) is 11.8. The van der Waals surface area contributed by atoms with Crippen LogP contribution in [-0.4, -0.2) is 29.8 Å². The smallest absolute Gasteiger partial charge is 0.315 e. The summed E-state index contributed by atoms with van der Waals surface area (Å²) in [6, 6.07) is 10.5. The van der Waals surface area contributed by atoms with E-state index in [0.717, 1.165) is 32.1 Å². The van der Waals surface area contributed by atoms with Gasteiger partial charge in [-0.15, -0.1) is 0 Å². The third-order valence-corrected chi connectivity index (χ3v) is 4.26. The number of benzene rings is 1. The van der Waals surface area contributed by atoms with Gasteiger partial charge in [-0.25, -0.2) is 4.79 Å². The Morgan fingerprint density at radius 1 is 1.24 bits per heavy atom. The van der Waals surface area contributed by atoms with E-state index in [0.29, 0.717) is 12.5 Å². The van der Waals surface area contributed by atoms with Crippen LogP contribution in [0.25, 0.3) is 0 Å². The lowest BCUT2D eigenvalue weighted by molar-refractivity contribution is 0.117. The lowest BCUT2D eigenvalue weighted by Gasteiger charge is -2.26. The highest BCUT2D eigenvalue weighted by Crippen LogP contribution is 2.19. The van der Waals surface area contributed by atoms with Crippen molar-refractivity contribution in [3.05, 3.63) is 35.9 Å². The van der Waals surface area contributed by atoms with Gasteiger partial charge in [-0.3, -0.25) is 0 Å². The van der Waals surface area contributed by atoms with Gasteiger partial charge < -0.3 is 15.7 Å². The minimum Gasteiger partial charge on any atom is -0.393 e. The Kier molecular flexibility index (Phi) is 6.05. The number of nitrogens with one attached hydrogen (secondary N) is 2. The van der Waals surface area contributed by atoms with Crippen LogP contribution in [0.2, 0.25) is 0 Å². The fourth-order valence-electron chi connectivity index (χ4n) is 2.81. The van der Waals surface area contributed by atoms with Crippen LogP contribution in [0.4, 0.5) is 4.79 Å². The van der Waals surface area contributed by atoms with E-state index in [-0.39, 0.29) is 18.2 Å². The van der Waals surface area contributed by atoms with Crippen LogP contribution in [0.5, 0.6) is 0 Å². The summed E-state index contributed by atoms with van der Waals surface area (Å²) >= 11 is 0. The Morgan fingerprint density at radius 2 is 1.90 bits per heavy atom. The summed E-state index contributed by atoms with van der Waals surface area (Å²) in [5.74, 6) is 0.441. The lowest BCUT2D eigenvalue weighted by Crippen LogP contribution is -2.44. The number of carbonyl (C=O) groups excluding carboxylic acids is 1. The van der Waals surface area contributed by atoms with Crippen LogP contribution in [-0.2, 0) is 0 Å². The molecular formula is C17H26N2O2. The number of amides is 2. The van der Waals surface area contributed by atoms with Crippen molar-refractivity contribution in [3.63, 3.8) is 0 Å². The molecule has 1 saturated carbocycles. The Bertz CT molecular complexity index is 428. The van der Waals surface area contributed by atoms with E-state index in [2.05, 4.69) is 29.7 Å². The zero-order valence-electron chi connectivity index (χ0n) is 12.7. The van der Waals surface area contributed by atoms with Gasteiger partial charge >= 0.3 is 6.03 Å². The summed E-state index contributed by atoms with van der Waals surface area (Å²) < 4.78 is 0. The van der Waals surface area contributed by atoms with E-state index >= 15 is 0 Å². The van der Waals surface area contributed by atoms with Crippen molar-refractivity contribution >= 4 is 6.03 Å². The normalized spacial score (nSPS) is 23.3. The topological polar surface area (TPSA) is 61.4 Å². The Morgan fingerprint density at radius 3 is 2.57 bits per heavy atom. The minimum absolute atomic E-state index is 0.0864. The van der Waals surface area contributed by atoms with Gasteiger partial charge in [0, 0.05) is 12.6 Å².